The van der Waals surface area contributed by atoms with E-state index in [2.05, 4.69) is 18.3 Å². The lowest BCUT2D eigenvalue weighted by Crippen LogP contribution is -2.38. The highest BCUT2D eigenvalue weighted by Gasteiger charge is 2.23. The lowest BCUT2D eigenvalue weighted by molar-refractivity contribution is 0.387. The number of hydrogen-bond donors (Lipinski definition) is 1. The van der Waals surface area contributed by atoms with E-state index >= 15 is 0 Å². The first-order chi connectivity index (χ1) is 9.47. The molecule has 1 heterocycles. The number of hydrogen-bond acceptors (Lipinski definition) is 4. The fourth-order valence-electron chi connectivity index (χ4n) is 1.95. The van der Waals surface area contributed by atoms with Crippen LogP contribution in [0.1, 0.15) is 31.6 Å². The molecular formula is C14H26N2O2S2. The quantitative estimate of drug-likeness (QED) is 0.674. The standard InChI is InChI=1S/C14H26N2O2S2/c1-4-8-15-9-6-11-20(17,18)16(3)13(2)12-14-7-5-10-19-14/h5,7,10,13,15H,4,6,8-9,11-12H2,1-3H3. The molecule has 0 saturated heterocycles. The second-order valence-electron chi connectivity index (χ2n) is 5.07. The van der Waals surface area contributed by atoms with E-state index in [0.717, 1.165) is 25.9 Å². The Kier molecular flexibility index (Phi) is 7.72. The van der Waals surface area contributed by atoms with Crippen LogP contribution in [0.2, 0.25) is 0 Å². The van der Waals surface area contributed by atoms with Crippen molar-refractivity contribution in [3.8, 4) is 0 Å². The highest BCUT2D eigenvalue weighted by atomic mass is 32.2. The summed E-state index contributed by atoms with van der Waals surface area (Å²) in [5, 5.41) is 5.25. The predicted molar refractivity (Wildman–Crippen MR) is 86.8 cm³/mol. The minimum atomic E-state index is -3.15. The maximum Gasteiger partial charge on any atom is 0.214 e. The Hall–Kier alpha value is -0.430. The molecule has 20 heavy (non-hydrogen) atoms. The van der Waals surface area contributed by atoms with Gasteiger partial charge >= 0.3 is 0 Å². The molecule has 116 valence electrons. The minimum Gasteiger partial charge on any atom is -0.317 e. The van der Waals surface area contributed by atoms with Crippen molar-refractivity contribution in [2.45, 2.75) is 39.2 Å². The smallest absolute Gasteiger partial charge is 0.214 e. The van der Waals surface area contributed by atoms with E-state index in [1.54, 1.807) is 18.4 Å². The van der Waals surface area contributed by atoms with E-state index in [1.165, 1.54) is 9.18 Å². The molecule has 0 aliphatic heterocycles. The van der Waals surface area contributed by atoms with Gasteiger partial charge in [-0.05, 0) is 50.7 Å². The van der Waals surface area contributed by atoms with Gasteiger partial charge in [0.15, 0.2) is 0 Å². The van der Waals surface area contributed by atoms with Crippen LogP contribution in [0.4, 0.5) is 0 Å². The van der Waals surface area contributed by atoms with Crippen molar-refractivity contribution in [2.24, 2.45) is 0 Å². The summed E-state index contributed by atoms with van der Waals surface area (Å²) in [4.78, 5) is 1.23. The number of nitrogens with one attached hydrogen (secondary N) is 1. The average molecular weight is 319 g/mol. The summed E-state index contributed by atoms with van der Waals surface area (Å²) in [6, 6.07) is 4.05. The Balaban J connectivity index is 2.40. The summed E-state index contributed by atoms with van der Waals surface area (Å²) in [6.45, 7) is 5.78. The molecule has 1 aromatic heterocycles. The largest absolute Gasteiger partial charge is 0.317 e. The van der Waals surface area contributed by atoms with Crippen molar-refractivity contribution < 1.29 is 8.42 Å². The second-order valence-corrected chi connectivity index (χ2v) is 8.25. The Bertz CT molecular complexity index is 458. The number of sulfonamides is 1. The zero-order valence-electron chi connectivity index (χ0n) is 12.6. The molecule has 0 bridgehead atoms. The predicted octanol–water partition coefficient (Wildman–Crippen LogP) is 2.33. The molecule has 0 spiro atoms. The molecule has 0 saturated carbocycles. The molecule has 1 rings (SSSR count). The summed E-state index contributed by atoms with van der Waals surface area (Å²) in [6.07, 6.45) is 2.52. The molecule has 4 nitrogen and oxygen atoms in total. The van der Waals surface area contributed by atoms with Gasteiger partial charge < -0.3 is 5.32 Å². The normalized spacial score (nSPS) is 13.8. The number of nitrogens with zero attached hydrogens (tertiary/aromatic N) is 1. The van der Waals surface area contributed by atoms with E-state index in [9.17, 15) is 8.42 Å². The van der Waals surface area contributed by atoms with Crippen molar-refractivity contribution >= 4 is 21.4 Å². The molecule has 1 unspecified atom stereocenters. The van der Waals surface area contributed by atoms with E-state index in [-0.39, 0.29) is 11.8 Å². The lowest BCUT2D eigenvalue weighted by atomic mass is 10.2. The average Bonchev–Trinajstić information content (AvgIpc) is 2.90. The van der Waals surface area contributed by atoms with Crippen LogP contribution in [0.3, 0.4) is 0 Å². The van der Waals surface area contributed by atoms with Gasteiger partial charge in [-0.2, -0.15) is 0 Å². The van der Waals surface area contributed by atoms with Gasteiger partial charge in [-0.25, -0.2) is 12.7 Å². The zero-order chi connectivity index (χ0) is 15.0. The highest BCUT2D eigenvalue weighted by Crippen LogP contribution is 2.15. The summed E-state index contributed by atoms with van der Waals surface area (Å²) >= 11 is 1.67. The maximum absolute atomic E-state index is 12.2. The topological polar surface area (TPSA) is 49.4 Å². The van der Waals surface area contributed by atoms with Gasteiger partial charge in [-0.1, -0.05) is 13.0 Å². The van der Waals surface area contributed by atoms with Crippen molar-refractivity contribution in [1.82, 2.24) is 9.62 Å². The zero-order valence-corrected chi connectivity index (χ0v) is 14.3. The molecule has 6 heteroatoms. The van der Waals surface area contributed by atoms with E-state index < -0.39 is 10.0 Å². The monoisotopic (exact) mass is 318 g/mol. The molecule has 0 radical (unpaired) electrons. The van der Waals surface area contributed by atoms with Gasteiger partial charge in [0.25, 0.3) is 0 Å². The summed E-state index contributed by atoms with van der Waals surface area (Å²) in [5.74, 6) is 0.217. The fraction of sp³-hybridized carbons (Fsp3) is 0.714. The van der Waals surface area contributed by atoms with Gasteiger partial charge in [-0.3, -0.25) is 0 Å². The third-order valence-corrected chi connectivity index (χ3v) is 6.26. The Morgan fingerprint density at radius 2 is 2.15 bits per heavy atom. The van der Waals surface area contributed by atoms with Crippen LogP contribution < -0.4 is 5.32 Å². The highest BCUT2D eigenvalue weighted by molar-refractivity contribution is 7.89. The van der Waals surface area contributed by atoms with Crippen LogP contribution in [0.25, 0.3) is 0 Å². The lowest BCUT2D eigenvalue weighted by Gasteiger charge is -2.24. The van der Waals surface area contributed by atoms with Crippen molar-refractivity contribution in [1.29, 1.82) is 0 Å². The number of rotatable bonds is 10. The van der Waals surface area contributed by atoms with Crippen molar-refractivity contribution in [3.05, 3.63) is 22.4 Å². The molecule has 0 fully saturated rings. The Morgan fingerprint density at radius 3 is 2.75 bits per heavy atom. The van der Waals surface area contributed by atoms with Crippen molar-refractivity contribution in [2.75, 3.05) is 25.9 Å². The third-order valence-electron chi connectivity index (χ3n) is 3.32. The SMILES string of the molecule is CCCNCCCS(=O)(=O)N(C)C(C)Cc1cccs1. The maximum atomic E-state index is 12.2. The molecule has 0 aromatic carbocycles. The summed E-state index contributed by atoms with van der Waals surface area (Å²) in [5.41, 5.74) is 0. The van der Waals surface area contributed by atoms with Crippen LogP contribution in [0.5, 0.6) is 0 Å². The molecule has 0 amide bonds. The molecule has 1 N–H and O–H groups in total. The van der Waals surface area contributed by atoms with Crippen LogP contribution in [0, 0.1) is 0 Å². The number of likely N-dealkylation sites (N-methyl/N-ethyl adjacent to an activating group) is 1. The van der Waals surface area contributed by atoms with Crippen LogP contribution in [-0.2, 0) is 16.4 Å². The van der Waals surface area contributed by atoms with Gasteiger partial charge in [-0.15, -0.1) is 11.3 Å². The molecular weight excluding hydrogens is 292 g/mol. The van der Waals surface area contributed by atoms with E-state index in [0.29, 0.717) is 6.42 Å². The molecule has 0 aliphatic rings. The van der Waals surface area contributed by atoms with Gasteiger partial charge in [0.05, 0.1) is 5.75 Å². The molecule has 0 aliphatic carbocycles. The fourth-order valence-corrected chi connectivity index (χ4v) is 4.19. The van der Waals surface area contributed by atoms with Crippen LogP contribution >= 0.6 is 11.3 Å². The van der Waals surface area contributed by atoms with Crippen LogP contribution in [0.15, 0.2) is 17.5 Å². The minimum absolute atomic E-state index is 0.00208. The Labute approximate surface area is 127 Å². The van der Waals surface area contributed by atoms with Crippen LogP contribution in [-0.4, -0.2) is 44.7 Å². The van der Waals surface area contributed by atoms with E-state index in [4.69, 9.17) is 0 Å². The van der Waals surface area contributed by atoms with Crippen molar-refractivity contribution in [3.63, 3.8) is 0 Å². The van der Waals surface area contributed by atoms with Gasteiger partial charge in [0.1, 0.15) is 0 Å². The first-order valence-corrected chi connectivity index (χ1v) is 9.65. The summed E-state index contributed by atoms with van der Waals surface area (Å²) < 4.78 is 26.0. The van der Waals surface area contributed by atoms with Gasteiger partial charge in [0.2, 0.25) is 10.0 Å². The third kappa shape index (κ3) is 5.91. The van der Waals surface area contributed by atoms with Gasteiger partial charge in [0, 0.05) is 18.0 Å². The summed E-state index contributed by atoms with van der Waals surface area (Å²) in [7, 11) is -1.46. The Morgan fingerprint density at radius 1 is 1.40 bits per heavy atom. The first-order valence-electron chi connectivity index (χ1n) is 7.16. The molecule has 1 aromatic rings. The first kappa shape index (κ1) is 17.6. The second kappa shape index (κ2) is 8.77. The number of thiophene rings is 1. The van der Waals surface area contributed by atoms with E-state index in [1.807, 2.05) is 18.4 Å². The molecule has 1 atom stereocenters.